The maximum atomic E-state index is 6.93. The molecule has 0 spiro atoms. The average molecular weight is 157 g/mol. The van der Waals surface area contributed by atoms with Gasteiger partial charge in [-0.15, -0.1) is 0 Å². The predicted octanol–water partition coefficient (Wildman–Crippen LogP) is 1.96. The van der Waals surface area contributed by atoms with Crippen LogP contribution in [0.2, 0.25) is 0 Å². The fourth-order valence-electron chi connectivity index (χ4n) is 1.15. The summed E-state index contributed by atoms with van der Waals surface area (Å²) >= 11 is 0. The maximum absolute atomic E-state index is 6.93. The van der Waals surface area contributed by atoms with Gasteiger partial charge in [0.25, 0.3) is 0 Å². The second-order valence-corrected chi connectivity index (χ2v) is 3.01. The standard InChI is InChI=1S/C9H21N2/c10-8-6-4-2-1-3-5-7-9-11/h10H,1-9,11H2. The molecule has 1 radical (unpaired) electrons. The first-order valence-corrected chi connectivity index (χ1v) is 4.76. The smallest absolute Gasteiger partial charge is 0.00997 e. The van der Waals surface area contributed by atoms with Crippen molar-refractivity contribution in [2.24, 2.45) is 5.73 Å². The van der Waals surface area contributed by atoms with Gasteiger partial charge in [-0.1, -0.05) is 32.1 Å². The molecule has 67 valence electrons. The van der Waals surface area contributed by atoms with Crippen molar-refractivity contribution in [2.45, 2.75) is 44.9 Å². The Morgan fingerprint density at radius 3 is 1.64 bits per heavy atom. The van der Waals surface area contributed by atoms with Crippen LogP contribution in [0.25, 0.3) is 0 Å². The van der Waals surface area contributed by atoms with Crippen LogP contribution >= 0.6 is 0 Å². The molecule has 0 saturated carbocycles. The summed E-state index contributed by atoms with van der Waals surface area (Å²) in [5.41, 5.74) is 12.3. The third-order valence-electron chi connectivity index (χ3n) is 1.88. The Balaban J connectivity index is 2.69. The summed E-state index contributed by atoms with van der Waals surface area (Å²) in [5.74, 6) is 0. The second kappa shape index (κ2) is 9.92. The topological polar surface area (TPSA) is 49.8 Å². The largest absolute Gasteiger partial charge is 0.330 e. The minimum absolute atomic E-state index is 0.600. The van der Waals surface area contributed by atoms with Gasteiger partial charge in [-0.25, -0.2) is 0 Å². The quantitative estimate of drug-likeness (QED) is 0.538. The van der Waals surface area contributed by atoms with Crippen molar-refractivity contribution in [3.8, 4) is 0 Å². The lowest BCUT2D eigenvalue weighted by molar-refractivity contribution is 0.583. The highest BCUT2D eigenvalue weighted by Gasteiger charge is 1.89. The Morgan fingerprint density at radius 1 is 0.727 bits per heavy atom. The van der Waals surface area contributed by atoms with Crippen LogP contribution in [0.5, 0.6) is 0 Å². The van der Waals surface area contributed by atoms with Gasteiger partial charge >= 0.3 is 0 Å². The molecule has 0 rings (SSSR count). The third kappa shape index (κ3) is 9.92. The molecule has 0 fully saturated rings. The van der Waals surface area contributed by atoms with Crippen molar-refractivity contribution in [1.29, 1.82) is 0 Å². The molecule has 0 aromatic carbocycles. The van der Waals surface area contributed by atoms with Gasteiger partial charge in [0.05, 0.1) is 0 Å². The van der Waals surface area contributed by atoms with Gasteiger partial charge < -0.3 is 5.73 Å². The number of nitrogens with two attached hydrogens (primary N) is 1. The molecule has 2 nitrogen and oxygen atoms in total. The molecule has 0 unspecified atom stereocenters. The van der Waals surface area contributed by atoms with Crippen LogP contribution in [-0.2, 0) is 0 Å². The van der Waals surface area contributed by atoms with Crippen molar-refractivity contribution in [3.63, 3.8) is 0 Å². The number of unbranched alkanes of at least 4 members (excludes halogenated alkanes) is 6. The van der Waals surface area contributed by atoms with Crippen molar-refractivity contribution in [3.05, 3.63) is 0 Å². The molecule has 0 heterocycles. The monoisotopic (exact) mass is 157 g/mol. The third-order valence-corrected chi connectivity index (χ3v) is 1.88. The molecule has 11 heavy (non-hydrogen) atoms. The Kier molecular flexibility index (Phi) is 9.85. The Hall–Kier alpha value is -0.0800. The Bertz CT molecular complexity index is 56.6. The van der Waals surface area contributed by atoms with Crippen LogP contribution in [0, 0.1) is 0 Å². The van der Waals surface area contributed by atoms with Crippen LogP contribution in [0.4, 0.5) is 0 Å². The van der Waals surface area contributed by atoms with Gasteiger partial charge in [0.1, 0.15) is 0 Å². The zero-order chi connectivity index (χ0) is 8.36. The number of nitrogens with one attached hydrogen (secondary N) is 1. The zero-order valence-electron chi connectivity index (χ0n) is 7.44. The van der Waals surface area contributed by atoms with Crippen LogP contribution < -0.4 is 11.5 Å². The molecule has 0 saturated heterocycles. The number of hydrogen-bond acceptors (Lipinski definition) is 1. The van der Waals surface area contributed by atoms with E-state index in [2.05, 4.69) is 0 Å². The first-order chi connectivity index (χ1) is 5.41. The van der Waals surface area contributed by atoms with E-state index in [4.69, 9.17) is 11.5 Å². The first kappa shape index (κ1) is 10.9. The van der Waals surface area contributed by atoms with Gasteiger partial charge in [0.15, 0.2) is 0 Å². The summed E-state index contributed by atoms with van der Waals surface area (Å²) in [6, 6.07) is 0. The number of rotatable bonds is 8. The van der Waals surface area contributed by atoms with Gasteiger partial charge in [0.2, 0.25) is 0 Å². The van der Waals surface area contributed by atoms with E-state index in [1.165, 1.54) is 38.5 Å². The Morgan fingerprint density at radius 2 is 1.18 bits per heavy atom. The number of hydrogen-bond donors (Lipinski definition) is 1. The highest BCUT2D eigenvalue weighted by atomic mass is 14.5. The highest BCUT2D eigenvalue weighted by molar-refractivity contribution is 4.46. The maximum Gasteiger partial charge on any atom is 0.00997 e. The fraction of sp³-hybridized carbons (Fsp3) is 1.00. The van der Waals surface area contributed by atoms with Gasteiger partial charge in [-0.2, -0.15) is 0 Å². The summed E-state index contributed by atoms with van der Waals surface area (Å²) in [4.78, 5) is 0. The molecule has 0 amide bonds. The molecular weight excluding hydrogens is 136 g/mol. The summed E-state index contributed by atoms with van der Waals surface area (Å²) in [7, 11) is 0. The molecule has 0 aromatic rings. The molecule has 3 N–H and O–H groups in total. The summed E-state index contributed by atoms with van der Waals surface area (Å²) in [6.45, 7) is 1.44. The Labute approximate surface area is 70.3 Å². The highest BCUT2D eigenvalue weighted by Crippen LogP contribution is 2.05. The fourth-order valence-corrected chi connectivity index (χ4v) is 1.15. The summed E-state index contributed by atoms with van der Waals surface area (Å²) in [5, 5.41) is 0. The van der Waals surface area contributed by atoms with Crippen molar-refractivity contribution < 1.29 is 0 Å². The van der Waals surface area contributed by atoms with Crippen LogP contribution in [0.3, 0.4) is 0 Å². The lowest BCUT2D eigenvalue weighted by Gasteiger charge is -1.98. The molecule has 0 aromatic heterocycles. The zero-order valence-corrected chi connectivity index (χ0v) is 7.44. The average Bonchev–Trinajstić information content (AvgIpc) is 2.03. The minimum atomic E-state index is 0.600. The molecular formula is C9H21N2. The van der Waals surface area contributed by atoms with E-state index in [1.807, 2.05) is 0 Å². The molecule has 0 aliphatic carbocycles. The molecule has 2 heteroatoms. The normalized spacial score (nSPS) is 10.4. The van der Waals surface area contributed by atoms with E-state index in [-0.39, 0.29) is 0 Å². The van der Waals surface area contributed by atoms with Crippen molar-refractivity contribution >= 4 is 0 Å². The van der Waals surface area contributed by atoms with E-state index < -0.39 is 0 Å². The van der Waals surface area contributed by atoms with E-state index >= 15 is 0 Å². The van der Waals surface area contributed by atoms with Crippen molar-refractivity contribution in [1.82, 2.24) is 5.73 Å². The SMILES string of the molecule is [NH]CCCCCCCCCN. The summed E-state index contributed by atoms with van der Waals surface area (Å²) < 4.78 is 0. The minimum Gasteiger partial charge on any atom is -0.330 e. The van der Waals surface area contributed by atoms with Crippen LogP contribution in [-0.4, -0.2) is 13.1 Å². The van der Waals surface area contributed by atoms with Crippen LogP contribution in [0.1, 0.15) is 44.9 Å². The van der Waals surface area contributed by atoms with Gasteiger partial charge in [-0.05, 0) is 19.4 Å². The lowest BCUT2D eigenvalue weighted by Crippen LogP contribution is -1.97. The van der Waals surface area contributed by atoms with Gasteiger partial charge in [0, 0.05) is 6.54 Å². The predicted molar refractivity (Wildman–Crippen MR) is 49.3 cm³/mol. The molecule has 0 atom stereocenters. The first-order valence-electron chi connectivity index (χ1n) is 4.76. The summed E-state index contributed by atoms with van der Waals surface area (Å²) in [6.07, 6.45) is 8.76. The molecule has 0 aliphatic rings. The molecule has 0 bridgehead atoms. The van der Waals surface area contributed by atoms with E-state index in [9.17, 15) is 0 Å². The van der Waals surface area contributed by atoms with E-state index in [1.54, 1.807) is 0 Å². The molecule has 0 aliphatic heterocycles. The van der Waals surface area contributed by atoms with E-state index in [0.29, 0.717) is 6.54 Å². The van der Waals surface area contributed by atoms with Crippen molar-refractivity contribution in [2.75, 3.05) is 13.1 Å². The van der Waals surface area contributed by atoms with Gasteiger partial charge in [-0.3, -0.25) is 5.73 Å². The lowest BCUT2D eigenvalue weighted by atomic mass is 10.1. The van der Waals surface area contributed by atoms with E-state index in [0.717, 1.165) is 13.0 Å². The second-order valence-electron chi connectivity index (χ2n) is 3.01. The van der Waals surface area contributed by atoms with Crippen LogP contribution in [0.15, 0.2) is 0 Å².